The number of nitrogens with two attached hydrogens (primary N) is 1. The van der Waals surface area contributed by atoms with Crippen LogP contribution in [-0.4, -0.2) is 38.6 Å². The highest BCUT2D eigenvalue weighted by atomic mass is 35.5. The molecule has 1 fully saturated rings. The molecule has 0 bridgehead atoms. The number of hydrogen-bond acceptors (Lipinski definition) is 3. The van der Waals surface area contributed by atoms with E-state index in [2.05, 4.69) is 5.32 Å². The summed E-state index contributed by atoms with van der Waals surface area (Å²) >= 11 is 6.03. The Morgan fingerprint density at radius 2 is 2.27 bits per heavy atom. The Hall–Kier alpha value is -1.79. The van der Waals surface area contributed by atoms with Crippen molar-refractivity contribution in [2.75, 3.05) is 32.1 Å². The summed E-state index contributed by atoms with van der Waals surface area (Å²) in [6.07, 6.45) is 1.72. The van der Waals surface area contributed by atoms with Crippen molar-refractivity contribution in [3.05, 3.63) is 23.2 Å². The second-order valence-corrected chi connectivity index (χ2v) is 5.93. The molecule has 0 radical (unpaired) electrons. The van der Waals surface area contributed by atoms with Gasteiger partial charge in [-0.2, -0.15) is 0 Å². The molecule has 1 heterocycles. The molecule has 2 atom stereocenters. The number of halogens is 1. The van der Waals surface area contributed by atoms with Gasteiger partial charge in [-0.1, -0.05) is 11.6 Å². The number of carbonyl (C=O) groups excluding carboxylic acids is 2. The molecule has 2 rings (SSSR count). The Morgan fingerprint density at radius 1 is 1.50 bits per heavy atom. The fourth-order valence-corrected chi connectivity index (χ4v) is 2.99. The average molecular weight is 327 g/mol. The van der Waals surface area contributed by atoms with E-state index >= 15 is 0 Å². The maximum atomic E-state index is 12.1. The molecular formula is C15H21ClN3O3+. The van der Waals surface area contributed by atoms with Gasteiger partial charge in [0.15, 0.2) is 6.54 Å². The first-order valence-electron chi connectivity index (χ1n) is 7.26. The minimum absolute atomic E-state index is 0.110. The number of hydrogen-bond donors (Lipinski definition) is 3. The fourth-order valence-electron chi connectivity index (χ4n) is 2.73. The van der Waals surface area contributed by atoms with Gasteiger partial charge in [-0.3, -0.25) is 9.59 Å². The number of anilines is 1. The first kappa shape index (κ1) is 16.6. The van der Waals surface area contributed by atoms with Gasteiger partial charge in [-0.05, 0) is 31.0 Å². The maximum absolute atomic E-state index is 12.1. The molecule has 1 unspecified atom stereocenters. The van der Waals surface area contributed by atoms with Gasteiger partial charge < -0.3 is 20.7 Å². The molecule has 6 nitrogen and oxygen atoms in total. The summed E-state index contributed by atoms with van der Waals surface area (Å²) in [5.41, 5.74) is 5.97. The number of quaternary nitrogens is 1. The number of benzene rings is 1. The van der Waals surface area contributed by atoms with Crippen LogP contribution in [0.1, 0.15) is 12.8 Å². The van der Waals surface area contributed by atoms with Crippen molar-refractivity contribution in [2.24, 2.45) is 11.7 Å². The van der Waals surface area contributed by atoms with Crippen molar-refractivity contribution < 1.29 is 19.2 Å². The van der Waals surface area contributed by atoms with E-state index in [1.165, 1.54) is 7.11 Å². The Kier molecular flexibility index (Phi) is 5.63. The number of carbonyl (C=O) groups is 2. The fraction of sp³-hybridized carbons (Fsp3) is 0.467. The Bertz CT molecular complexity index is 565. The maximum Gasteiger partial charge on any atom is 0.279 e. The molecular weight excluding hydrogens is 306 g/mol. The highest BCUT2D eigenvalue weighted by molar-refractivity contribution is 6.32. The molecule has 7 heteroatoms. The largest absolute Gasteiger partial charge is 0.495 e. The number of rotatable bonds is 5. The number of nitrogens with one attached hydrogen (secondary N) is 2. The third-order valence-corrected chi connectivity index (χ3v) is 4.16. The normalized spacial score (nSPS) is 21.2. The minimum atomic E-state index is -0.278. The van der Waals surface area contributed by atoms with E-state index in [-0.39, 0.29) is 17.7 Å². The van der Waals surface area contributed by atoms with Crippen LogP contribution >= 0.6 is 11.6 Å². The highest BCUT2D eigenvalue weighted by Gasteiger charge is 2.28. The van der Waals surface area contributed by atoms with E-state index < -0.39 is 0 Å². The molecule has 0 aromatic heterocycles. The molecule has 4 N–H and O–H groups in total. The van der Waals surface area contributed by atoms with Gasteiger partial charge in [0.1, 0.15) is 5.75 Å². The topological polar surface area (TPSA) is 85.9 Å². The first-order chi connectivity index (χ1) is 10.5. The SMILES string of the molecule is COc1ccc(NC(=O)C[NH+]2CCC[C@@H](C(N)=O)C2)cc1Cl. The lowest BCUT2D eigenvalue weighted by molar-refractivity contribution is -0.899. The lowest BCUT2D eigenvalue weighted by Gasteiger charge is -2.27. The number of methoxy groups -OCH3 is 1. The van der Waals surface area contributed by atoms with E-state index in [1.807, 2.05) is 0 Å². The zero-order valence-electron chi connectivity index (χ0n) is 12.5. The number of piperidine rings is 1. The standard InChI is InChI=1S/C15H20ClN3O3/c1-22-13-5-4-11(7-12(13)16)18-14(20)9-19-6-2-3-10(8-19)15(17)21/h4-5,7,10H,2-3,6,8-9H2,1H3,(H2,17,21)(H,18,20)/p+1/t10-/m1/s1. The van der Waals surface area contributed by atoms with Crippen LogP contribution in [0, 0.1) is 5.92 Å². The van der Waals surface area contributed by atoms with Crippen LogP contribution in [0.5, 0.6) is 5.75 Å². The third kappa shape index (κ3) is 4.35. The van der Waals surface area contributed by atoms with Crippen LogP contribution in [-0.2, 0) is 9.59 Å². The van der Waals surface area contributed by atoms with Crippen LogP contribution in [0.2, 0.25) is 5.02 Å². The summed E-state index contributed by atoms with van der Waals surface area (Å²) < 4.78 is 5.07. The summed E-state index contributed by atoms with van der Waals surface area (Å²) in [7, 11) is 1.54. The van der Waals surface area contributed by atoms with Crippen molar-refractivity contribution in [1.82, 2.24) is 0 Å². The summed E-state index contributed by atoms with van der Waals surface area (Å²) in [6.45, 7) is 1.81. The van der Waals surface area contributed by atoms with Gasteiger partial charge >= 0.3 is 0 Å². The van der Waals surface area contributed by atoms with Gasteiger partial charge in [-0.15, -0.1) is 0 Å². The molecule has 0 aliphatic carbocycles. The van der Waals surface area contributed by atoms with Crippen molar-refractivity contribution in [2.45, 2.75) is 12.8 Å². The predicted molar refractivity (Wildman–Crippen MR) is 84.1 cm³/mol. The molecule has 1 aliphatic heterocycles. The zero-order valence-corrected chi connectivity index (χ0v) is 13.3. The number of likely N-dealkylation sites (tertiary alicyclic amines) is 1. The van der Waals surface area contributed by atoms with Crippen LogP contribution in [0.25, 0.3) is 0 Å². The van der Waals surface area contributed by atoms with Crippen molar-refractivity contribution in [3.63, 3.8) is 0 Å². The molecule has 1 aromatic carbocycles. The monoisotopic (exact) mass is 326 g/mol. The Morgan fingerprint density at radius 3 is 2.91 bits per heavy atom. The smallest absolute Gasteiger partial charge is 0.279 e. The number of ether oxygens (including phenoxy) is 1. The molecule has 22 heavy (non-hydrogen) atoms. The third-order valence-electron chi connectivity index (χ3n) is 3.87. The second kappa shape index (κ2) is 7.47. The first-order valence-corrected chi connectivity index (χ1v) is 7.63. The molecule has 0 spiro atoms. The van der Waals surface area contributed by atoms with Gasteiger partial charge in [0.05, 0.1) is 31.1 Å². The van der Waals surface area contributed by atoms with Gasteiger partial charge in [0.25, 0.3) is 5.91 Å². The lowest BCUT2D eigenvalue weighted by atomic mass is 9.97. The van der Waals surface area contributed by atoms with E-state index in [0.717, 1.165) is 24.3 Å². The van der Waals surface area contributed by atoms with Gasteiger partial charge in [-0.25, -0.2) is 0 Å². The Balaban J connectivity index is 1.90. The summed E-state index contributed by atoms with van der Waals surface area (Å²) in [5.74, 6) is 0.0403. The Labute approximate surface area is 134 Å². The van der Waals surface area contributed by atoms with E-state index in [4.69, 9.17) is 22.1 Å². The van der Waals surface area contributed by atoms with E-state index in [0.29, 0.717) is 29.5 Å². The summed E-state index contributed by atoms with van der Waals surface area (Å²) in [5, 5.41) is 3.25. The molecule has 120 valence electrons. The molecule has 0 saturated carbocycles. The van der Waals surface area contributed by atoms with Crippen LogP contribution < -0.4 is 20.7 Å². The molecule has 1 saturated heterocycles. The minimum Gasteiger partial charge on any atom is -0.495 e. The van der Waals surface area contributed by atoms with Crippen LogP contribution in [0.3, 0.4) is 0 Å². The van der Waals surface area contributed by atoms with Crippen LogP contribution in [0.15, 0.2) is 18.2 Å². The number of amides is 2. The summed E-state index contributed by atoms with van der Waals surface area (Å²) in [6, 6.07) is 5.09. The quantitative estimate of drug-likeness (QED) is 0.715. The molecule has 1 aromatic rings. The van der Waals surface area contributed by atoms with Crippen LogP contribution in [0.4, 0.5) is 5.69 Å². The van der Waals surface area contributed by atoms with Crippen molar-refractivity contribution >= 4 is 29.1 Å². The second-order valence-electron chi connectivity index (χ2n) is 5.52. The van der Waals surface area contributed by atoms with Crippen molar-refractivity contribution in [1.29, 1.82) is 0 Å². The highest BCUT2D eigenvalue weighted by Crippen LogP contribution is 2.27. The van der Waals surface area contributed by atoms with Gasteiger partial charge in [0.2, 0.25) is 5.91 Å². The predicted octanol–water partition coefficient (Wildman–Crippen LogP) is 0.0673. The summed E-state index contributed by atoms with van der Waals surface area (Å²) in [4.78, 5) is 24.4. The lowest BCUT2D eigenvalue weighted by Crippen LogP contribution is -3.14. The van der Waals surface area contributed by atoms with Crippen molar-refractivity contribution in [3.8, 4) is 5.75 Å². The molecule has 1 aliphatic rings. The van der Waals surface area contributed by atoms with Gasteiger partial charge in [0, 0.05) is 5.69 Å². The number of primary amides is 1. The average Bonchev–Trinajstić information content (AvgIpc) is 2.47. The zero-order chi connectivity index (χ0) is 16.1. The van der Waals surface area contributed by atoms with E-state index in [1.54, 1.807) is 18.2 Å². The van der Waals surface area contributed by atoms with E-state index in [9.17, 15) is 9.59 Å². The molecule has 2 amide bonds.